The fourth-order valence-corrected chi connectivity index (χ4v) is 2.67. The molecule has 0 amide bonds. The highest BCUT2D eigenvalue weighted by Gasteiger charge is 2.19. The maximum Gasteiger partial charge on any atom is 0.208 e. The van der Waals surface area contributed by atoms with E-state index in [1.54, 1.807) is 29.0 Å². The molecular formula is C15H10ClFN6O. The number of halogens is 2. The molecule has 0 aliphatic heterocycles. The Bertz CT molecular complexity index is 1030. The van der Waals surface area contributed by atoms with Gasteiger partial charge in [-0.05, 0) is 30.3 Å². The van der Waals surface area contributed by atoms with Crippen molar-refractivity contribution in [3.63, 3.8) is 0 Å². The molecule has 0 saturated heterocycles. The highest BCUT2D eigenvalue weighted by atomic mass is 35.5. The van der Waals surface area contributed by atoms with Gasteiger partial charge in [-0.15, -0.1) is 0 Å². The van der Waals surface area contributed by atoms with Gasteiger partial charge in [0.25, 0.3) is 0 Å². The minimum atomic E-state index is -0.429. The first-order chi connectivity index (χ1) is 11.7. The number of benzene rings is 1. The first-order valence-electron chi connectivity index (χ1n) is 6.88. The average molecular weight is 345 g/mol. The Morgan fingerprint density at radius 3 is 2.83 bits per heavy atom. The minimum Gasteiger partial charge on any atom is -0.360 e. The van der Waals surface area contributed by atoms with Gasteiger partial charge in [0.1, 0.15) is 23.0 Å². The Morgan fingerprint density at radius 1 is 1.25 bits per heavy atom. The lowest BCUT2D eigenvalue weighted by Crippen LogP contribution is -2.08. The standard InChI is InChI=1S/C15H10ClFN6O/c16-10-5-9(17)2-3-12(10)23-14(20-11-7-24-22-15(11)23)8-1-4-13(21-18)19-6-8/h1-7H,18H2,(H,19,21). The number of pyridine rings is 1. The number of imidazole rings is 1. The summed E-state index contributed by atoms with van der Waals surface area (Å²) in [7, 11) is 0. The quantitative estimate of drug-likeness (QED) is 0.438. The van der Waals surface area contributed by atoms with Gasteiger partial charge in [0.05, 0.1) is 10.7 Å². The van der Waals surface area contributed by atoms with Crippen molar-refractivity contribution in [3.8, 4) is 17.1 Å². The van der Waals surface area contributed by atoms with Crippen LogP contribution >= 0.6 is 11.6 Å². The summed E-state index contributed by atoms with van der Waals surface area (Å²) in [6.07, 6.45) is 3.04. The Kier molecular flexibility index (Phi) is 3.40. The van der Waals surface area contributed by atoms with E-state index in [-0.39, 0.29) is 5.02 Å². The van der Waals surface area contributed by atoms with Crippen molar-refractivity contribution in [1.29, 1.82) is 0 Å². The lowest BCUT2D eigenvalue weighted by atomic mass is 10.2. The van der Waals surface area contributed by atoms with Crippen LogP contribution in [0.2, 0.25) is 5.02 Å². The fraction of sp³-hybridized carbons (Fsp3) is 0. The summed E-state index contributed by atoms with van der Waals surface area (Å²) in [6.45, 7) is 0. The van der Waals surface area contributed by atoms with E-state index in [4.69, 9.17) is 22.0 Å². The summed E-state index contributed by atoms with van der Waals surface area (Å²) in [5.41, 5.74) is 4.73. The third-order valence-electron chi connectivity index (χ3n) is 3.50. The molecule has 0 aliphatic carbocycles. The second-order valence-electron chi connectivity index (χ2n) is 4.97. The SMILES string of the molecule is NNc1ccc(-c2nc3conc3n2-c2ccc(F)cc2Cl)cn1. The molecule has 0 spiro atoms. The number of nitrogens with two attached hydrogens (primary N) is 1. The second-order valence-corrected chi connectivity index (χ2v) is 5.37. The summed E-state index contributed by atoms with van der Waals surface area (Å²) in [5, 5.41) is 4.19. The van der Waals surface area contributed by atoms with E-state index in [0.29, 0.717) is 34.1 Å². The highest BCUT2D eigenvalue weighted by molar-refractivity contribution is 6.32. The normalized spacial score (nSPS) is 11.1. The van der Waals surface area contributed by atoms with Crippen LogP contribution in [0.1, 0.15) is 0 Å². The van der Waals surface area contributed by atoms with Crippen molar-refractivity contribution in [1.82, 2.24) is 19.7 Å². The third-order valence-corrected chi connectivity index (χ3v) is 3.81. The first-order valence-corrected chi connectivity index (χ1v) is 7.26. The summed E-state index contributed by atoms with van der Waals surface area (Å²) in [6, 6.07) is 7.61. The molecule has 0 atom stereocenters. The van der Waals surface area contributed by atoms with Gasteiger partial charge in [0, 0.05) is 11.8 Å². The molecule has 1 aromatic carbocycles. The lowest BCUT2D eigenvalue weighted by molar-refractivity contribution is 0.425. The van der Waals surface area contributed by atoms with Crippen molar-refractivity contribution < 1.29 is 8.91 Å². The largest absolute Gasteiger partial charge is 0.360 e. The third kappa shape index (κ3) is 2.29. The molecule has 0 fully saturated rings. The van der Waals surface area contributed by atoms with E-state index >= 15 is 0 Å². The molecule has 0 radical (unpaired) electrons. The fourth-order valence-electron chi connectivity index (χ4n) is 2.42. The van der Waals surface area contributed by atoms with Crippen LogP contribution in [-0.4, -0.2) is 19.7 Å². The molecule has 4 aromatic rings. The predicted octanol–water partition coefficient (Wildman–Crippen LogP) is 3.15. The number of hydrazine groups is 1. The first kappa shape index (κ1) is 14.6. The van der Waals surface area contributed by atoms with Crippen molar-refractivity contribution in [2.24, 2.45) is 5.84 Å². The Labute approximate surface area is 139 Å². The number of hydrogen-bond acceptors (Lipinski definition) is 6. The van der Waals surface area contributed by atoms with Crippen LogP contribution in [0.25, 0.3) is 28.2 Å². The highest BCUT2D eigenvalue weighted by Crippen LogP contribution is 2.31. The van der Waals surface area contributed by atoms with Crippen LogP contribution in [0.3, 0.4) is 0 Å². The van der Waals surface area contributed by atoms with Gasteiger partial charge in [-0.2, -0.15) is 0 Å². The molecule has 0 bridgehead atoms. The van der Waals surface area contributed by atoms with E-state index in [2.05, 4.69) is 20.6 Å². The van der Waals surface area contributed by atoms with Crippen LogP contribution < -0.4 is 11.3 Å². The van der Waals surface area contributed by atoms with Gasteiger partial charge in [0.2, 0.25) is 5.65 Å². The molecule has 24 heavy (non-hydrogen) atoms. The molecule has 7 nitrogen and oxygen atoms in total. The molecule has 0 unspecified atom stereocenters. The number of fused-ring (bicyclic) bond motifs is 1. The predicted molar refractivity (Wildman–Crippen MR) is 87.1 cm³/mol. The number of rotatable bonds is 3. The van der Waals surface area contributed by atoms with E-state index in [0.717, 1.165) is 0 Å². The molecular weight excluding hydrogens is 335 g/mol. The number of nitrogens with zero attached hydrogens (tertiary/aromatic N) is 4. The van der Waals surface area contributed by atoms with E-state index in [9.17, 15) is 4.39 Å². The zero-order valence-corrected chi connectivity index (χ0v) is 12.8. The average Bonchev–Trinajstić information content (AvgIpc) is 3.16. The second kappa shape index (κ2) is 5.59. The molecule has 4 rings (SSSR count). The van der Waals surface area contributed by atoms with Crippen LogP contribution in [0.4, 0.5) is 10.2 Å². The van der Waals surface area contributed by atoms with Crippen LogP contribution in [0, 0.1) is 5.82 Å². The van der Waals surface area contributed by atoms with Gasteiger partial charge in [0.15, 0.2) is 6.26 Å². The summed E-state index contributed by atoms with van der Waals surface area (Å²) < 4.78 is 20.0. The maximum absolute atomic E-state index is 13.4. The number of anilines is 1. The molecule has 9 heteroatoms. The van der Waals surface area contributed by atoms with Crippen molar-refractivity contribution in [3.05, 3.63) is 53.6 Å². The molecule has 3 N–H and O–H groups in total. The number of nitrogen functional groups attached to an aromatic ring is 1. The molecule has 120 valence electrons. The van der Waals surface area contributed by atoms with Crippen molar-refractivity contribution in [2.45, 2.75) is 0 Å². The van der Waals surface area contributed by atoms with Crippen molar-refractivity contribution in [2.75, 3.05) is 5.43 Å². The summed E-state index contributed by atoms with van der Waals surface area (Å²) in [5.74, 6) is 5.97. The van der Waals surface area contributed by atoms with Gasteiger partial charge < -0.3 is 9.95 Å². The van der Waals surface area contributed by atoms with E-state index in [1.165, 1.54) is 18.4 Å². The Morgan fingerprint density at radius 2 is 2.12 bits per heavy atom. The summed E-state index contributed by atoms with van der Waals surface area (Å²) in [4.78, 5) is 8.67. The maximum atomic E-state index is 13.4. The zero-order valence-electron chi connectivity index (χ0n) is 12.1. The number of aromatic nitrogens is 4. The summed E-state index contributed by atoms with van der Waals surface area (Å²) >= 11 is 6.21. The van der Waals surface area contributed by atoms with Gasteiger partial charge in [-0.3, -0.25) is 4.57 Å². The smallest absolute Gasteiger partial charge is 0.208 e. The molecule has 0 saturated carbocycles. The lowest BCUT2D eigenvalue weighted by Gasteiger charge is -2.10. The molecule has 3 aromatic heterocycles. The van der Waals surface area contributed by atoms with E-state index in [1.807, 2.05) is 0 Å². The van der Waals surface area contributed by atoms with Gasteiger partial charge in [-0.1, -0.05) is 16.8 Å². The number of nitrogens with one attached hydrogen (secondary N) is 1. The zero-order chi connectivity index (χ0) is 16.7. The molecule has 3 heterocycles. The van der Waals surface area contributed by atoms with E-state index < -0.39 is 5.82 Å². The van der Waals surface area contributed by atoms with Gasteiger partial charge in [-0.25, -0.2) is 20.2 Å². The molecule has 0 aliphatic rings. The monoisotopic (exact) mass is 344 g/mol. The van der Waals surface area contributed by atoms with Gasteiger partial charge >= 0.3 is 0 Å². The number of hydrogen-bond donors (Lipinski definition) is 2. The van der Waals surface area contributed by atoms with Crippen LogP contribution in [-0.2, 0) is 0 Å². The topological polar surface area (TPSA) is 94.8 Å². The van der Waals surface area contributed by atoms with Crippen molar-refractivity contribution >= 4 is 28.6 Å². The van der Waals surface area contributed by atoms with Crippen LogP contribution in [0.15, 0.2) is 47.3 Å². The Hall–Kier alpha value is -2.97. The van der Waals surface area contributed by atoms with Crippen LogP contribution in [0.5, 0.6) is 0 Å². The minimum absolute atomic E-state index is 0.228. The Balaban J connectivity index is 1.97.